The number of unbranched alkanes of at least 4 members (excludes halogenated alkanes) is 1. The van der Waals surface area contributed by atoms with Crippen LogP contribution < -0.4 is 10.6 Å². The lowest BCUT2D eigenvalue weighted by Gasteiger charge is -2.12. The summed E-state index contributed by atoms with van der Waals surface area (Å²) in [6.45, 7) is 10.0. The number of aryl methyl sites for hydroxylation is 1. The second kappa shape index (κ2) is 15.4. The zero-order chi connectivity index (χ0) is 17.6. The van der Waals surface area contributed by atoms with Crippen molar-refractivity contribution in [3.8, 4) is 0 Å². The van der Waals surface area contributed by atoms with Gasteiger partial charge in [-0.15, -0.1) is 24.0 Å². The van der Waals surface area contributed by atoms with Crippen molar-refractivity contribution < 1.29 is 4.74 Å². The van der Waals surface area contributed by atoms with E-state index in [0.717, 1.165) is 57.9 Å². The van der Waals surface area contributed by atoms with Crippen LogP contribution in [-0.4, -0.2) is 39.3 Å². The van der Waals surface area contributed by atoms with Crippen molar-refractivity contribution in [2.75, 3.05) is 33.4 Å². The highest BCUT2D eigenvalue weighted by molar-refractivity contribution is 14.0. The third-order valence-corrected chi connectivity index (χ3v) is 4.02. The lowest BCUT2D eigenvalue weighted by molar-refractivity contribution is 0.143. The molecule has 0 spiro atoms. The molecule has 0 saturated carbocycles. The number of hydrogen-bond donors (Lipinski definition) is 2. The Morgan fingerprint density at radius 3 is 2.24 bits per heavy atom. The minimum atomic E-state index is 0. The van der Waals surface area contributed by atoms with Gasteiger partial charge < -0.3 is 15.4 Å². The Morgan fingerprint density at radius 1 is 1.04 bits per heavy atom. The molecular formula is C20H36IN3O. The highest BCUT2D eigenvalue weighted by atomic mass is 127. The molecule has 0 saturated heterocycles. The van der Waals surface area contributed by atoms with Gasteiger partial charge in [-0.3, -0.25) is 4.99 Å². The van der Waals surface area contributed by atoms with Gasteiger partial charge in [0.25, 0.3) is 0 Å². The maximum absolute atomic E-state index is 5.34. The van der Waals surface area contributed by atoms with Crippen molar-refractivity contribution in [2.45, 2.75) is 52.4 Å². The average Bonchev–Trinajstić information content (AvgIpc) is 2.60. The highest BCUT2D eigenvalue weighted by Crippen LogP contribution is 2.15. The maximum Gasteiger partial charge on any atom is 0.190 e. The van der Waals surface area contributed by atoms with E-state index in [-0.39, 0.29) is 24.0 Å². The number of nitrogens with one attached hydrogen (secondary N) is 2. The van der Waals surface area contributed by atoms with E-state index in [1.54, 1.807) is 0 Å². The fourth-order valence-corrected chi connectivity index (χ4v) is 2.47. The lowest BCUT2D eigenvalue weighted by Crippen LogP contribution is -2.38. The van der Waals surface area contributed by atoms with E-state index >= 15 is 0 Å². The molecule has 0 aliphatic heterocycles. The van der Waals surface area contributed by atoms with Crippen molar-refractivity contribution in [1.82, 2.24) is 10.6 Å². The summed E-state index contributed by atoms with van der Waals surface area (Å²) in [5.41, 5.74) is 2.81. The number of rotatable bonds is 11. The van der Waals surface area contributed by atoms with Crippen molar-refractivity contribution >= 4 is 29.9 Å². The van der Waals surface area contributed by atoms with E-state index < -0.39 is 0 Å². The fourth-order valence-electron chi connectivity index (χ4n) is 2.47. The Morgan fingerprint density at radius 2 is 1.68 bits per heavy atom. The Bertz CT molecular complexity index is 461. The molecule has 0 heterocycles. The number of nitrogens with zero attached hydrogens (tertiary/aromatic N) is 1. The standard InChI is InChI=1S/C20H35N3O.HI/c1-5-24-16-7-6-14-22-20(21-4)23-15-8-9-18-10-12-19(13-11-18)17(2)3;/h10-13,17H,5-9,14-16H2,1-4H3,(H2,21,22,23);1H. The number of hydrogen-bond acceptors (Lipinski definition) is 2. The molecule has 5 heteroatoms. The molecule has 144 valence electrons. The summed E-state index contributed by atoms with van der Waals surface area (Å²) in [7, 11) is 1.82. The van der Waals surface area contributed by atoms with Crippen LogP contribution in [0.3, 0.4) is 0 Å². The van der Waals surface area contributed by atoms with E-state index in [4.69, 9.17) is 4.74 Å². The van der Waals surface area contributed by atoms with Crippen LogP contribution in [0.5, 0.6) is 0 Å². The predicted octanol–water partition coefficient (Wildman–Crippen LogP) is 4.34. The number of aliphatic imine (C=N–C) groups is 1. The van der Waals surface area contributed by atoms with E-state index in [2.05, 4.69) is 53.7 Å². The van der Waals surface area contributed by atoms with Crippen LogP contribution in [0.2, 0.25) is 0 Å². The normalized spacial score (nSPS) is 11.3. The molecule has 25 heavy (non-hydrogen) atoms. The van der Waals surface area contributed by atoms with Crippen molar-refractivity contribution in [3.05, 3.63) is 35.4 Å². The smallest absolute Gasteiger partial charge is 0.190 e. The number of ether oxygens (including phenoxy) is 1. The van der Waals surface area contributed by atoms with Gasteiger partial charge >= 0.3 is 0 Å². The Hall–Kier alpha value is -0.820. The summed E-state index contributed by atoms with van der Waals surface area (Å²) in [5, 5.41) is 6.73. The zero-order valence-corrected chi connectivity index (χ0v) is 18.6. The van der Waals surface area contributed by atoms with Gasteiger partial charge in [0.15, 0.2) is 5.96 Å². The first-order valence-electron chi connectivity index (χ1n) is 9.28. The molecule has 1 rings (SSSR count). The average molecular weight is 461 g/mol. The molecule has 0 radical (unpaired) electrons. The first-order chi connectivity index (χ1) is 11.7. The molecule has 0 fully saturated rings. The Kier molecular flexibility index (Phi) is 14.9. The molecule has 1 aromatic carbocycles. The topological polar surface area (TPSA) is 45.6 Å². The van der Waals surface area contributed by atoms with Gasteiger partial charge in [0.05, 0.1) is 0 Å². The monoisotopic (exact) mass is 461 g/mol. The fraction of sp³-hybridized carbons (Fsp3) is 0.650. The summed E-state index contributed by atoms with van der Waals surface area (Å²) in [4.78, 5) is 4.26. The van der Waals surface area contributed by atoms with Crippen LogP contribution in [0.4, 0.5) is 0 Å². The molecule has 0 atom stereocenters. The molecule has 1 aromatic rings. The van der Waals surface area contributed by atoms with E-state index in [1.165, 1.54) is 11.1 Å². The molecule has 0 aliphatic rings. The molecule has 2 N–H and O–H groups in total. The van der Waals surface area contributed by atoms with Gasteiger partial charge in [-0.05, 0) is 49.7 Å². The molecule has 0 aliphatic carbocycles. The van der Waals surface area contributed by atoms with E-state index in [1.807, 2.05) is 14.0 Å². The maximum atomic E-state index is 5.34. The van der Waals surface area contributed by atoms with Gasteiger partial charge in [-0.1, -0.05) is 38.1 Å². The molecule has 0 bridgehead atoms. The second-order valence-electron chi connectivity index (χ2n) is 6.33. The minimum absolute atomic E-state index is 0. The predicted molar refractivity (Wildman–Crippen MR) is 119 cm³/mol. The SMILES string of the molecule is CCOCCCCNC(=NC)NCCCc1ccc(C(C)C)cc1.I. The van der Waals surface area contributed by atoms with Crippen molar-refractivity contribution in [2.24, 2.45) is 4.99 Å². The lowest BCUT2D eigenvalue weighted by atomic mass is 10.0. The van der Waals surface area contributed by atoms with E-state index in [9.17, 15) is 0 Å². The minimum Gasteiger partial charge on any atom is -0.382 e. The number of halogens is 1. The molecule has 0 unspecified atom stereocenters. The van der Waals surface area contributed by atoms with Crippen molar-refractivity contribution in [3.63, 3.8) is 0 Å². The first kappa shape index (κ1) is 24.2. The summed E-state index contributed by atoms with van der Waals surface area (Å²) < 4.78 is 5.34. The van der Waals surface area contributed by atoms with Crippen molar-refractivity contribution in [1.29, 1.82) is 0 Å². The molecule has 0 amide bonds. The second-order valence-corrected chi connectivity index (χ2v) is 6.33. The molecule has 0 aromatic heterocycles. The van der Waals surface area contributed by atoms with Gasteiger partial charge in [0, 0.05) is 33.4 Å². The summed E-state index contributed by atoms with van der Waals surface area (Å²) in [6.07, 6.45) is 4.38. The van der Waals surface area contributed by atoms with Crippen LogP contribution >= 0.6 is 24.0 Å². The molecule has 4 nitrogen and oxygen atoms in total. The largest absolute Gasteiger partial charge is 0.382 e. The zero-order valence-electron chi connectivity index (χ0n) is 16.3. The van der Waals surface area contributed by atoms with Gasteiger partial charge in [-0.25, -0.2) is 0 Å². The third-order valence-electron chi connectivity index (χ3n) is 4.02. The summed E-state index contributed by atoms with van der Waals surface area (Å²) >= 11 is 0. The summed E-state index contributed by atoms with van der Waals surface area (Å²) in [5.74, 6) is 1.49. The number of guanidine groups is 1. The number of benzene rings is 1. The van der Waals surface area contributed by atoms with Gasteiger partial charge in [0.2, 0.25) is 0 Å². The first-order valence-corrected chi connectivity index (χ1v) is 9.28. The van der Waals surface area contributed by atoms with Crippen LogP contribution in [0, 0.1) is 0 Å². The molecular weight excluding hydrogens is 425 g/mol. The highest BCUT2D eigenvalue weighted by Gasteiger charge is 2.00. The van der Waals surface area contributed by atoms with Crippen LogP contribution in [0.15, 0.2) is 29.3 Å². The van der Waals surface area contributed by atoms with Crippen LogP contribution in [-0.2, 0) is 11.2 Å². The quantitative estimate of drug-likeness (QED) is 0.223. The third kappa shape index (κ3) is 11.4. The van der Waals surface area contributed by atoms with Gasteiger partial charge in [-0.2, -0.15) is 0 Å². The van der Waals surface area contributed by atoms with Crippen LogP contribution in [0.1, 0.15) is 57.1 Å². The van der Waals surface area contributed by atoms with Gasteiger partial charge in [0.1, 0.15) is 0 Å². The Labute approximate surface area is 171 Å². The Balaban J connectivity index is 0.00000576. The van der Waals surface area contributed by atoms with Crippen LogP contribution in [0.25, 0.3) is 0 Å². The van der Waals surface area contributed by atoms with E-state index in [0.29, 0.717) is 5.92 Å². The summed E-state index contributed by atoms with van der Waals surface area (Å²) in [6, 6.07) is 8.99.